The van der Waals surface area contributed by atoms with Gasteiger partial charge in [-0.05, 0) is 61.4 Å². The number of aromatic amines is 1. The van der Waals surface area contributed by atoms with Crippen LogP contribution in [0.25, 0.3) is 10.9 Å². The molecule has 0 aliphatic carbocycles. The van der Waals surface area contributed by atoms with E-state index in [-0.39, 0.29) is 17.8 Å². The number of esters is 1. The minimum Gasteiger partial charge on any atom is -0.469 e. The number of nitrogens with zero attached hydrogens (tertiary/aromatic N) is 1. The first kappa shape index (κ1) is 24.9. The molecule has 1 aliphatic heterocycles. The zero-order valence-electron chi connectivity index (χ0n) is 18.9. The van der Waals surface area contributed by atoms with E-state index >= 15 is 0 Å². The number of halogens is 2. The van der Waals surface area contributed by atoms with Gasteiger partial charge in [0.25, 0.3) is 0 Å². The van der Waals surface area contributed by atoms with Crippen molar-refractivity contribution in [1.29, 1.82) is 0 Å². The largest absolute Gasteiger partial charge is 0.469 e. The quantitative estimate of drug-likeness (QED) is 0.304. The fourth-order valence-corrected chi connectivity index (χ4v) is 5.79. The third kappa shape index (κ3) is 5.71. The van der Waals surface area contributed by atoms with Crippen molar-refractivity contribution in [3.05, 3.63) is 64.3 Å². The smallest absolute Gasteiger partial charge is 0.308 e. The van der Waals surface area contributed by atoms with E-state index in [1.54, 1.807) is 6.20 Å². The number of ether oxygens (including phenoxy) is 1. The van der Waals surface area contributed by atoms with Crippen LogP contribution in [-0.2, 0) is 20.7 Å². The summed E-state index contributed by atoms with van der Waals surface area (Å²) >= 11 is 14.2. The molecule has 0 saturated carbocycles. The van der Waals surface area contributed by atoms with Gasteiger partial charge < -0.3 is 14.6 Å². The van der Waals surface area contributed by atoms with Gasteiger partial charge in [-0.15, -0.1) is 0 Å². The Labute approximate surface area is 213 Å². The molecule has 3 aromatic rings. The van der Waals surface area contributed by atoms with Crippen LogP contribution in [0.5, 0.6) is 0 Å². The highest BCUT2D eigenvalue weighted by atomic mass is 35.5. The van der Waals surface area contributed by atoms with E-state index in [0.29, 0.717) is 48.8 Å². The SMILES string of the molecule is COC(=O)C1CCN(C(=O)C(CCc2ccccc2Cl)NSc2cccc3[nH]cc(Cl)c23)CC1. The molecule has 180 valence electrons. The fraction of sp³-hybridized carbons (Fsp3) is 0.360. The van der Waals surface area contributed by atoms with Crippen LogP contribution in [0.15, 0.2) is 53.6 Å². The minimum absolute atomic E-state index is 0.0233. The molecule has 2 heterocycles. The first-order valence-corrected chi connectivity index (χ1v) is 12.8. The summed E-state index contributed by atoms with van der Waals surface area (Å²) in [6, 6.07) is 13.2. The molecule has 1 aromatic heterocycles. The Balaban J connectivity index is 1.48. The van der Waals surface area contributed by atoms with Crippen LogP contribution in [0.1, 0.15) is 24.8 Å². The molecule has 0 bridgehead atoms. The lowest BCUT2D eigenvalue weighted by molar-refractivity contribution is -0.149. The fourth-order valence-electron chi connectivity index (χ4n) is 4.29. The second-order valence-corrected chi connectivity index (χ2v) is 10.0. The van der Waals surface area contributed by atoms with Gasteiger partial charge in [-0.3, -0.25) is 9.59 Å². The Hall–Kier alpha value is -2.19. The molecule has 1 atom stereocenters. The number of hydrogen-bond acceptors (Lipinski definition) is 5. The number of piperidine rings is 1. The van der Waals surface area contributed by atoms with E-state index in [1.807, 2.05) is 47.4 Å². The number of rotatable bonds is 8. The Kier molecular flexibility index (Phi) is 8.42. The van der Waals surface area contributed by atoms with Crippen molar-refractivity contribution in [3.63, 3.8) is 0 Å². The first-order chi connectivity index (χ1) is 16.5. The monoisotopic (exact) mass is 519 g/mol. The number of likely N-dealkylation sites (tertiary alicyclic amines) is 1. The zero-order valence-corrected chi connectivity index (χ0v) is 21.2. The van der Waals surface area contributed by atoms with Crippen LogP contribution in [0.2, 0.25) is 10.0 Å². The topological polar surface area (TPSA) is 74.4 Å². The number of nitrogens with one attached hydrogen (secondary N) is 2. The second-order valence-electron chi connectivity index (χ2n) is 8.34. The summed E-state index contributed by atoms with van der Waals surface area (Å²) in [5.74, 6) is -0.325. The lowest BCUT2D eigenvalue weighted by Crippen LogP contribution is -2.48. The molecule has 4 rings (SSSR count). The summed E-state index contributed by atoms with van der Waals surface area (Å²) in [4.78, 5) is 31.3. The average Bonchev–Trinajstić information content (AvgIpc) is 3.25. The number of carbonyl (C=O) groups excluding carboxylic acids is 2. The van der Waals surface area contributed by atoms with Crippen molar-refractivity contribution in [2.24, 2.45) is 5.92 Å². The maximum absolute atomic E-state index is 13.5. The number of carbonyl (C=O) groups is 2. The van der Waals surface area contributed by atoms with Gasteiger partial charge in [0.2, 0.25) is 5.91 Å². The van der Waals surface area contributed by atoms with Gasteiger partial charge in [-0.25, -0.2) is 4.72 Å². The number of methoxy groups -OCH3 is 1. The lowest BCUT2D eigenvalue weighted by Gasteiger charge is -2.33. The number of amides is 1. The number of fused-ring (bicyclic) bond motifs is 1. The number of hydrogen-bond donors (Lipinski definition) is 2. The highest BCUT2D eigenvalue weighted by Crippen LogP contribution is 2.32. The van der Waals surface area contributed by atoms with Crippen LogP contribution in [0.4, 0.5) is 0 Å². The van der Waals surface area contributed by atoms with Gasteiger partial charge in [0.1, 0.15) is 0 Å². The zero-order chi connectivity index (χ0) is 24.1. The van der Waals surface area contributed by atoms with Crippen molar-refractivity contribution in [3.8, 4) is 0 Å². The molecule has 1 saturated heterocycles. The first-order valence-electron chi connectivity index (χ1n) is 11.3. The molecular weight excluding hydrogens is 493 g/mol. The molecule has 1 fully saturated rings. The summed E-state index contributed by atoms with van der Waals surface area (Å²) in [5, 5.41) is 2.27. The predicted molar refractivity (Wildman–Crippen MR) is 137 cm³/mol. The third-order valence-electron chi connectivity index (χ3n) is 6.23. The van der Waals surface area contributed by atoms with Crippen molar-refractivity contribution < 1.29 is 14.3 Å². The van der Waals surface area contributed by atoms with E-state index in [4.69, 9.17) is 27.9 Å². The summed E-state index contributed by atoms with van der Waals surface area (Å²) in [6.07, 6.45) is 4.24. The standard InChI is InChI=1S/C25H27Cl2N3O3S/c1-33-25(32)17-11-13-30(14-12-17)24(31)21(10-9-16-5-2-3-6-18(16)26)29-34-22-8-4-7-20-23(22)19(27)15-28-20/h2-8,15,17,21,28-29H,9-14H2,1H3. The minimum atomic E-state index is -0.427. The number of aromatic nitrogens is 1. The molecular formula is C25H27Cl2N3O3S. The van der Waals surface area contributed by atoms with Crippen molar-refractivity contribution >= 4 is 57.9 Å². The van der Waals surface area contributed by atoms with E-state index in [1.165, 1.54) is 19.1 Å². The van der Waals surface area contributed by atoms with Gasteiger partial charge >= 0.3 is 5.97 Å². The molecule has 2 N–H and O–H groups in total. The van der Waals surface area contributed by atoms with Gasteiger partial charge in [0.15, 0.2) is 0 Å². The Morgan fingerprint density at radius 2 is 1.91 bits per heavy atom. The van der Waals surface area contributed by atoms with Gasteiger partial charge in [-0.1, -0.05) is 47.5 Å². The second kappa shape index (κ2) is 11.5. The van der Waals surface area contributed by atoms with Crippen molar-refractivity contribution in [1.82, 2.24) is 14.6 Å². The van der Waals surface area contributed by atoms with Crippen LogP contribution in [0, 0.1) is 5.92 Å². The Morgan fingerprint density at radius 1 is 1.15 bits per heavy atom. The lowest BCUT2D eigenvalue weighted by atomic mass is 9.96. The van der Waals surface area contributed by atoms with Crippen LogP contribution in [0.3, 0.4) is 0 Å². The molecule has 6 nitrogen and oxygen atoms in total. The summed E-state index contributed by atoms with van der Waals surface area (Å²) in [5.41, 5.74) is 1.95. The predicted octanol–water partition coefficient (Wildman–Crippen LogP) is 5.48. The highest BCUT2D eigenvalue weighted by Gasteiger charge is 2.31. The summed E-state index contributed by atoms with van der Waals surface area (Å²) in [7, 11) is 1.41. The van der Waals surface area contributed by atoms with Crippen LogP contribution in [-0.4, -0.2) is 48.0 Å². The van der Waals surface area contributed by atoms with Gasteiger partial charge in [0, 0.05) is 40.1 Å². The van der Waals surface area contributed by atoms with E-state index in [0.717, 1.165) is 21.4 Å². The van der Waals surface area contributed by atoms with Crippen molar-refractivity contribution in [2.75, 3.05) is 20.2 Å². The van der Waals surface area contributed by atoms with E-state index < -0.39 is 6.04 Å². The van der Waals surface area contributed by atoms with Crippen molar-refractivity contribution in [2.45, 2.75) is 36.6 Å². The van der Waals surface area contributed by atoms with Gasteiger partial charge in [0.05, 0.1) is 24.1 Å². The normalized spacial score (nSPS) is 15.4. The molecule has 2 aromatic carbocycles. The third-order valence-corrected chi connectivity index (χ3v) is 7.86. The number of H-pyrrole nitrogens is 1. The Bertz CT molecular complexity index is 1160. The van der Waals surface area contributed by atoms with E-state index in [2.05, 4.69) is 9.71 Å². The number of benzene rings is 2. The number of aryl methyl sites for hydroxylation is 1. The summed E-state index contributed by atoms with van der Waals surface area (Å²) in [6.45, 7) is 1.07. The van der Waals surface area contributed by atoms with Crippen LogP contribution < -0.4 is 4.72 Å². The molecule has 1 aliphatic rings. The Morgan fingerprint density at radius 3 is 2.65 bits per heavy atom. The average molecular weight is 520 g/mol. The van der Waals surface area contributed by atoms with E-state index in [9.17, 15) is 9.59 Å². The van der Waals surface area contributed by atoms with Crippen LogP contribution >= 0.6 is 35.1 Å². The maximum atomic E-state index is 13.5. The molecule has 34 heavy (non-hydrogen) atoms. The highest BCUT2D eigenvalue weighted by molar-refractivity contribution is 7.97. The van der Waals surface area contributed by atoms with Gasteiger partial charge in [-0.2, -0.15) is 0 Å². The molecule has 0 spiro atoms. The molecule has 1 unspecified atom stereocenters. The maximum Gasteiger partial charge on any atom is 0.308 e. The molecule has 9 heteroatoms. The molecule has 1 amide bonds. The summed E-state index contributed by atoms with van der Waals surface area (Å²) < 4.78 is 8.27. The molecule has 0 radical (unpaired) electrons.